The molecule has 2 N–H and O–H groups in total. The van der Waals surface area contributed by atoms with E-state index >= 15 is 0 Å². The normalized spacial score (nSPS) is 10.8. The number of aryl methyl sites for hydroxylation is 2. The standard InChI is InChI=1S/C11H15N/c1-10-5-7-11(8-6-10)4-2-3-9-12/h3,5-9H,2,4,12H2,1H3. The Labute approximate surface area is 73.9 Å². The molecule has 0 fully saturated rings. The van der Waals surface area contributed by atoms with Crippen LogP contribution in [-0.2, 0) is 6.42 Å². The van der Waals surface area contributed by atoms with Crippen molar-refractivity contribution in [1.29, 1.82) is 0 Å². The maximum absolute atomic E-state index is 5.24. The summed E-state index contributed by atoms with van der Waals surface area (Å²) in [6.07, 6.45) is 5.70. The third kappa shape index (κ3) is 2.79. The summed E-state index contributed by atoms with van der Waals surface area (Å²) in [5.74, 6) is 0. The van der Waals surface area contributed by atoms with Crippen LogP contribution in [0.5, 0.6) is 0 Å². The number of benzene rings is 1. The Morgan fingerprint density at radius 3 is 2.50 bits per heavy atom. The lowest BCUT2D eigenvalue weighted by molar-refractivity contribution is 0.997. The predicted octanol–water partition coefficient (Wildman–Crippen LogP) is 2.40. The predicted molar refractivity (Wildman–Crippen MR) is 52.8 cm³/mol. The van der Waals surface area contributed by atoms with Gasteiger partial charge in [0.1, 0.15) is 0 Å². The number of nitrogens with two attached hydrogens (primary N) is 1. The lowest BCUT2D eigenvalue weighted by Crippen LogP contribution is -1.84. The van der Waals surface area contributed by atoms with Crippen LogP contribution in [0.15, 0.2) is 36.5 Å². The largest absolute Gasteiger partial charge is 0.405 e. The summed E-state index contributed by atoms with van der Waals surface area (Å²) in [5, 5.41) is 0. The van der Waals surface area contributed by atoms with Crippen molar-refractivity contribution < 1.29 is 0 Å². The van der Waals surface area contributed by atoms with Crippen LogP contribution < -0.4 is 5.73 Å². The molecule has 0 radical (unpaired) electrons. The van der Waals surface area contributed by atoms with Gasteiger partial charge in [-0.1, -0.05) is 35.9 Å². The van der Waals surface area contributed by atoms with Crippen molar-refractivity contribution in [3.8, 4) is 0 Å². The molecule has 0 heterocycles. The van der Waals surface area contributed by atoms with Gasteiger partial charge in [0.2, 0.25) is 0 Å². The van der Waals surface area contributed by atoms with Gasteiger partial charge in [-0.2, -0.15) is 0 Å². The second-order valence-corrected chi connectivity index (χ2v) is 2.95. The highest BCUT2D eigenvalue weighted by molar-refractivity contribution is 5.21. The Bertz CT molecular complexity index is 246. The second kappa shape index (κ2) is 4.60. The Balaban J connectivity index is 2.47. The van der Waals surface area contributed by atoms with E-state index in [-0.39, 0.29) is 0 Å². The molecule has 1 aromatic carbocycles. The molecule has 1 heteroatoms. The highest BCUT2D eigenvalue weighted by Gasteiger charge is 1.89. The molecule has 12 heavy (non-hydrogen) atoms. The maximum atomic E-state index is 5.24. The number of hydrogen-bond donors (Lipinski definition) is 1. The fourth-order valence-corrected chi connectivity index (χ4v) is 1.10. The Hall–Kier alpha value is -1.24. The average molecular weight is 161 g/mol. The zero-order chi connectivity index (χ0) is 8.81. The molecule has 0 amide bonds. The number of hydrogen-bond acceptors (Lipinski definition) is 1. The summed E-state index contributed by atoms with van der Waals surface area (Å²) < 4.78 is 0. The zero-order valence-corrected chi connectivity index (χ0v) is 7.46. The van der Waals surface area contributed by atoms with Crippen molar-refractivity contribution in [3.05, 3.63) is 47.7 Å². The molecule has 0 saturated carbocycles. The number of allylic oxidation sites excluding steroid dienone is 1. The van der Waals surface area contributed by atoms with E-state index in [1.807, 2.05) is 6.08 Å². The van der Waals surface area contributed by atoms with E-state index in [4.69, 9.17) is 5.73 Å². The first-order valence-electron chi connectivity index (χ1n) is 4.25. The molecule has 0 aliphatic rings. The first-order valence-corrected chi connectivity index (χ1v) is 4.25. The molecular formula is C11H15N. The summed E-state index contributed by atoms with van der Waals surface area (Å²) >= 11 is 0. The van der Waals surface area contributed by atoms with E-state index in [9.17, 15) is 0 Å². The van der Waals surface area contributed by atoms with E-state index in [1.54, 1.807) is 6.20 Å². The Kier molecular flexibility index (Phi) is 3.39. The van der Waals surface area contributed by atoms with E-state index in [1.165, 1.54) is 11.1 Å². The van der Waals surface area contributed by atoms with Crippen LogP contribution in [0.4, 0.5) is 0 Å². The van der Waals surface area contributed by atoms with Crippen LogP contribution in [0.1, 0.15) is 17.5 Å². The van der Waals surface area contributed by atoms with Crippen LogP contribution in [0.3, 0.4) is 0 Å². The summed E-state index contributed by atoms with van der Waals surface area (Å²) in [5.41, 5.74) is 7.92. The summed E-state index contributed by atoms with van der Waals surface area (Å²) in [4.78, 5) is 0. The van der Waals surface area contributed by atoms with Crippen molar-refractivity contribution in [2.45, 2.75) is 19.8 Å². The van der Waals surface area contributed by atoms with Crippen LogP contribution >= 0.6 is 0 Å². The minimum Gasteiger partial charge on any atom is -0.405 e. The zero-order valence-electron chi connectivity index (χ0n) is 7.46. The first kappa shape index (κ1) is 8.85. The fourth-order valence-electron chi connectivity index (χ4n) is 1.10. The average Bonchev–Trinajstić information content (AvgIpc) is 2.09. The van der Waals surface area contributed by atoms with Crippen molar-refractivity contribution >= 4 is 0 Å². The molecular weight excluding hydrogens is 146 g/mol. The minimum absolute atomic E-state index is 1.03. The monoisotopic (exact) mass is 161 g/mol. The summed E-state index contributed by atoms with van der Waals surface area (Å²) in [6.45, 7) is 2.10. The molecule has 0 aliphatic heterocycles. The molecule has 64 valence electrons. The summed E-state index contributed by atoms with van der Waals surface area (Å²) in [6, 6.07) is 8.61. The van der Waals surface area contributed by atoms with Crippen LogP contribution in [0.2, 0.25) is 0 Å². The van der Waals surface area contributed by atoms with E-state index in [0.717, 1.165) is 12.8 Å². The topological polar surface area (TPSA) is 26.0 Å². The molecule has 0 saturated heterocycles. The van der Waals surface area contributed by atoms with Crippen molar-refractivity contribution in [3.63, 3.8) is 0 Å². The molecule has 0 unspecified atom stereocenters. The molecule has 1 rings (SSSR count). The minimum atomic E-state index is 1.03. The highest BCUT2D eigenvalue weighted by Crippen LogP contribution is 2.05. The van der Waals surface area contributed by atoms with Crippen LogP contribution in [0.25, 0.3) is 0 Å². The Morgan fingerprint density at radius 2 is 1.92 bits per heavy atom. The van der Waals surface area contributed by atoms with Crippen molar-refractivity contribution in [1.82, 2.24) is 0 Å². The molecule has 1 nitrogen and oxygen atoms in total. The molecule has 1 aromatic rings. The Morgan fingerprint density at radius 1 is 1.25 bits per heavy atom. The van der Waals surface area contributed by atoms with Gasteiger partial charge in [-0.3, -0.25) is 0 Å². The van der Waals surface area contributed by atoms with Crippen molar-refractivity contribution in [2.24, 2.45) is 5.73 Å². The van der Waals surface area contributed by atoms with Gasteiger partial charge in [0.15, 0.2) is 0 Å². The van der Waals surface area contributed by atoms with Gasteiger partial charge in [0, 0.05) is 0 Å². The summed E-state index contributed by atoms with van der Waals surface area (Å²) in [7, 11) is 0. The van der Waals surface area contributed by atoms with Gasteiger partial charge < -0.3 is 5.73 Å². The van der Waals surface area contributed by atoms with Crippen LogP contribution in [-0.4, -0.2) is 0 Å². The smallest absolute Gasteiger partial charge is 0.0103 e. The van der Waals surface area contributed by atoms with E-state index in [0.29, 0.717) is 0 Å². The van der Waals surface area contributed by atoms with E-state index in [2.05, 4.69) is 31.2 Å². The van der Waals surface area contributed by atoms with Gasteiger partial charge in [-0.25, -0.2) is 0 Å². The van der Waals surface area contributed by atoms with Gasteiger partial charge in [-0.05, 0) is 31.5 Å². The lowest BCUT2D eigenvalue weighted by atomic mass is 10.1. The lowest BCUT2D eigenvalue weighted by Gasteiger charge is -1.98. The third-order valence-electron chi connectivity index (χ3n) is 1.86. The second-order valence-electron chi connectivity index (χ2n) is 2.95. The fraction of sp³-hybridized carbons (Fsp3) is 0.273. The van der Waals surface area contributed by atoms with Gasteiger partial charge >= 0.3 is 0 Å². The molecule has 0 spiro atoms. The third-order valence-corrected chi connectivity index (χ3v) is 1.86. The van der Waals surface area contributed by atoms with Gasteiger partial charge in [-0.15, -0.1) is 0 Å². The van der Waals surface area contributed by atoms with Gasteiger partial charge in [0.25, 0.3) is 0 Å². The molecule has 0 aromatic heterocycles. The van der Waals surface area contributed by atoms with E-state index < -0.39 is 0 Å². The van der Waals surface area contributed by atoms with Gasteiger partial charge in [0.05, 0.1) is 0 Å². The quantitative estimate of drug-likeness (QED) is 0.723. The SMILES string of the molecule is Cc1ccc(CCC=CN)cc1. The number of rotatable bonds is 3. The maximum Gasteiger partial charge on any atom is -0.0103 e. The molecule has 0 aliphatic carbocycles. The molecule has 0 atom stereocenters. The highest BCUT2D eigenvalue weighted by atomic mass is 14.5. The van der Waals surface area contributed by atoms with Crippen molar-refractivity contribution in [2.75, 3.05) is 0 Å². The molecule has 0 bridgehead atoms. The van der Waals surface area contributed by atoms with Crippen LogP contribution in [0, 0.1) is 6.92 Å². The first-order chi connectivity index (χ1) is 5.83.